The van der Waals surface area contributed by atoms with Crippen LogP contribution >= 0.6 is 11.8 Å². The zero-order valence-electron chi connectivity index (χ0n) is 9.90. The van der Waals surface area contributed by atoms with Crippen LogP contribution < -0.4 is 5.73 Å². The molecule has 2 atom stereocenters. The van der Waals surface area contributed by atoms with Crippen LogP contribution in [0.1, 0.15) is 27.2 Å². The Hall–Kier alpha value is -0.220. The minimum Gasteiger partial charge on any atom is -0.339 e. The Morgan fingerprint density at radius 3 is 2.80 bits per heavy atom. The van der Waals surface area contributed by atoms with E-state index >= 15 is 0 Å². The van der Waals surface area contributed by atoms with Crippen molar-refractivity contribution in [2.75, 3.05) is 18.8 Å². The Bertz CT molecular complexity index is 221. The van der Waals surface area contributed by atoms with Gasteiger partial charge in [-0.25, -0.2) is 0 Å². The monoisotopic (exact) mass is 230 g/mol. The molecule has 1 aliphatic heterocycles. The number of rotatable bonds is 3. The van der Waals surface area contributed by atoms with Gasteiger partial charge < -0.3 is 10.6 Å². The van der Waals surface area contributed by atoms with E-state index in [1.54, 1.807) is 0 Å². The van der Waals surface area contributed by atoms with E-state index in [-0.39, 0.29) is 17.9 Å². The van der Waals surface area contributed by atoms with E-state index in [1.807, 2.05) is 30.5 Å². The van der Waals surface area contributed by atoms with E-state index < -0.39 is 0 Å². The lowest BCUT2D eigenvalue weighted by Gasteiger charge is -2.34. The highest BCUT2D eigenvalue weighted by molar-refractivity contribution is 8.00. The molecule has 0 aromatic carbocycles. The minimum absolute atomic E-state index is 0.128. The second kappa shape index (κ2) is 5.75. The van der Waals surface area contributed by atoms with Gasteiger partial charge >= 0.3 is 0 Å². The van der Waals surface area contributed by atoms with Crippen molar-refractivity contribution in [1.82, 2.24) is 4.90 Å². The summed E-state index contributed by atoms with van der Waals surface area (Å²) in [6, 6.07) is -0.328. The number of carbonyl (C=O) groups excluding carboxylic acids is 1. The topological polar surface area (TPSA) is 46.3 Å². The molecule has 1 rings (SSSR count). The van der Waals surface area contributed by atoms with Gasteiger partial charge in [-0.2, -0.15) is 11.8 Å². The fraction of sp³-hybridized carbons (Fsp3) is 0.909. The van der Waals surface area contributed by atoms with Gasteiger partial charge in [-0.3, -0.25) is 4.79 Å². The third-order valence-electron chi connectivity index (χ3n) is 2.91. The van der Waals surface area contributed by atoms with Crippen LogP contribution in [0.4, 0.5) is 0 Å². The summed E-state index contributed by atoms with van der Waals surface area (Å²) in [7, 11) is 0. The van der Waals surface area contributed by atoms with Crippen LogP contribution in [0.15, 0.2) is 0 Å². The molecule has 1 amide bonds. The molecule has 0 saturated carbocycles. The SMILES string of the molecule is CCC1CN(C(=O)C(N)C(C)C)CCS1. The second-order valence-corrected chi connectivity index (χ2v) is 5.86. The first-order chi connectivity index (χ1) is 7.06. The molecule has 1 saturated heterocycles. The summed E-state index contributed by atoms with van der Waals surface area (Å²) in [6.45, 7) is 7.91. The first-order valence-corrected chi connectivity index (χ1v) is 6.77. The van der Waals surface area contributed by atoms with Crippen molar-refractivity contribution >= 4 is 17.7 Å². The fourth-order valence-corrected chi connectivity index (χ4v) is 2.84. The highest BCUT2D eigenvalue weighted by atomic mass is 32.2. The molecule has 15 heavy (non-hydrogen) atoms. The van der Waals surface area contributed by atoms with E-state index in [4.69, 9.17) is 5.73 Å². The summed E-state index contributed by atoms with van der Waals surface area (Å²) < 4.78 is 0. The van der Waals surface area contributed by atoms with E-state index in [1.165, 1.54) is 0 Å². The summed E-state index contributed by atoms with van der Waals surface area (Å²) in [6.07, 6.45) is 1.13. The zero-order chi connectivity index (χ0) is 11.4. The van der Waals surface area contributed by atoms with Crippen LogP contribution in [0, 0.1) is 5.92 Å². The molecule has 4 heteroatoms. The van der Waals surface area contributed by atoms with Crippen LogP contribution in [0.2, 0.25) is 0 Å². The molecule has 0 aromatic rings. The van der Waals surface area contributed by atoms with Crippen molar-refractivity contribution in [1.29, 1.82) is 0 Å². The first kappa shape index (κ1) is 12.8. The molecule has 1 heterocycles. The Balaban J connectivity index is 2.52. The van der Waals surface area contributed by atoms with Gasteiger partial charge in [0.05, 0.1) is 6.04 Å². The van der Waals surface area contributed by atoms with Crippen molar-refractivity contribution in [2.24, 2.45) is 11.7 Å². The average molecular weight is 230 g/mol. The zero-order valence-corrected chi connectivity index (χ0v) is 10.7. The first-order valence-electron chi connectivity index (χ1n) is 5.72. The summed E-state index contributed by atoms with van der Waals surface area (Å²) in [5, 5.41) is 0.599. The largest absolute Gasteiger partial charge is 0.339 e. The Morgan fingerprint density at radius 1 is 1.60 bits per heavy atom. The Kier molecular flexibility index (Phi) is 4.93. The highest BCUT2D eigenvalue weighted by Gasteiger charge is 2.27. The van der Waals surface area contributed by atoms with Gasteiger partial charge in [0.15, 0.2) is 0 Å². The lowest BCUT2D eigenvalue weighted by atomic mass is 10.0. The Morgan fingerprint density at radius 2 is 2.27 bits per heavy atom. The van der Waals surface area contributed by atoms with E-state index in [9.17, 15) is 4.79 Å². The summed E-state index contributed by atoms with van der Waals surface area (Å²) in [5.41, 5.74) is 5.88. The van der Waals surface area contributed by atoms with Gasteiger partial charge in [-0.1, -0.05) is 20.8 Å². The maximum atomic E-state index is 12.0. The van der Waals surface area contributed by atoms with Crippen molar-refractivity contribution in [3.05, 3.63) is 0 Å². The quantitative estimate of drug-likeness (QED) is 0.795. The molecule has 0 radical (unpaired) electrons. The smallest absolute Gasteiger partial charge is 0.239 e. The summed E-state index contributed by atoms with van der Waals surface area (Å²) >= 11 is 1.97. The summed E-state index contributed by atoms with van der Waals surface area (Å²) in [5.74, 6) is 1.41. The normalized spacial score (nSPS) is 24.3. The average Bonchev–Trinajstić information content (AvgIpc) is 2.27. The third-order valence-corrected chi connectivity index (χ3v) is 4.28. The molecular weight excluding hydrogens is 208 g/mol. The Labute approximate surface area is 96.8 Å². The van der Waals surface area contributed by atoms with Crippen LogP contribution in [0.25, 0.3) is 0 Å². The van der Waals surface area contributed by atoms with E-state index in [0.717, 1.165) is 25.3 Å². The van der Waals surface area contributed by atoms with Crippen molar-refractivity contribution in [2.45, 2.75) is 38.5 Å². The van der Waals surface area contributed by atoms with Gasteiger partial charge in [0.2, 0.25) is 5.91 Å². The molecule has 88 valence electrons. The molecule has 1 fully saturated rings. The highest BCUT2D eigenvalue weighted by Crippen LogP contribution is 2.21. The van der Waals surface area contributed by atoms with Gasteiger partial charge in [0.1, 0.15) is 0 Å². The van der Waals surface area contributed by atoms with Gasteiger partial charge in [0.25, 0.3) is 0 Å². The number of hydrogen-bond donors (Lipinski definition) is 1. The van der Waals surface area contributed by atoms with E-state index in [2.05, 4.69) is 6.92 Å². The van der Waals surface area contributed by atoms with Gasteiger partial charge in [0, 0.05) is 24.1 Å². The van der Waals surface area contributed by atoms with E-state index in [0.29, 0.717) is 5.25 Å². The fourth-order valence-electron chi connectivity index (χ4n) is 1.66. The number of amides is 1. The molecule has 2 unspecified atom stereocenters. The molecule has 2 N–H and O–H groups in total. The molecule has 3 nitrogen and oxygen atoms in total. The molecule has 1 aliphatic rings. The third kappa shape index (κ3) is 3.38. The molecule has 0 aliphatic carbocycles. The predicted octanol–water partition coefficient (Wildman–Crippen LogP) is 1.32. The summed E-state index contributed by atoms with van der Waals surface area (Å²) in [4.78, 5) is 13.9. The number of thioether (sulfide) groups is 1. The number of hydrogen-bond acceptors (Lipinski definition) is 3. The van der Waals surface area contributed by atoms with Crippen molar-refractivity contribution in [3.8, 4) is 0 Å². The van der Waals surface area contributed by atoms with Crippen LogP contribution in [0.3, 0.4) is 0 Å². The number of nitrogens with zero attached hydrogens (tertiary/aromatic N) is 1. The maximum Gasteiger partial charge on any atom is 0.239 e. The van der Waals surface area contributed by atoms with Crippen molar-refractivity contribution in [3.63, 3.8) is 0 Å². The maximum absolute atomic E-state index is 12.0. The number of carbonyl (C=O) groups is 1. The van der Waals surface area contributed by atoms with Crippen LogP contribution in [-0.2, 0) is 4.79 Å². The number of nitrogens with two attached hydrogens (primary N) is 1. The standard InChI is InChI=1S/C11H22N2OS/c1-4-9-7-13(5-6-15-9)11(14)10(12)8(2)3/h8-10H,4-7,12H2,1-3H3. The minimum atomic E-state index is -0.328. The predicted molar refractivity (Wildman–Crippen MR) is 65.9 cm³/mol. The molecule has 0 aromatic heterocycles. The molecular formula is C11H22N2OS. The van der Waals surface area contributed by atoms with Crippen LogP contribution in [-0.4, -0.2) is 40.9 Å². The lowest BCUT2D eigenvalue weighted by molar-refractivity contribution is -0.133. The van der Waals surface area contributed by atoms with Gasteiger partial charge in [-0.05, 0) is 12.3 Å². The second-order valence-electron chi connectivity index (χ2n) is 4.46. The van der Waals surface area contributed by atoms with Gasteiger partial charge in [-0.15, -0.1) is 0 Å². The lowest BCUT2D eigenvalue weighted by Crippen LogP contribution is -2.50. The molecule has 0 spiro atoms. The van der Waals surface area contributed by atoms with Crippen LogP contribution in [0.5, 0.6) is 0 Å². The molecule has 0 bridgehead atoms. The van der Waals surface area contributed by atoms with Crippen molar-refractivity contribution < 1.29 is 4.79 Å².